The summed E-state index contributed by atoms with van der Waals surface area (Å²) in [6.45, 7) is 3.86. The molecular formula is C20H22N4OS. The Kier molecular flexibility index (Phi) is 5.24. The Labute approximate surface area is 157 Å². The number of rotatable bonds is 4. The Morgan fingerprint density at radius 1 is 0.923 bits per heavy atom. The highest BCUT2D eigenvalue weighted by Crippen LogP contribution is 2.29. The lowest BCUT2D eigenvalue weighted by Gasteiger charge is -2.21. The number of hydrogen-bond donors (Lipinski definition) is 1. The van der Waals surface area contributed by atoms with Crippen LogP contribution < -0.4 is 4.90 Å². The van der Waals surface area contributed by atoms with Gasteiger partial charge in [0.1, 0.15) is 5.01 Å². The molecule has 0 aliphatic carbocycles. The number of aliphatic hydroxyl groups is 1. The molecule has 3 aromatic rings. The van der Waals surface area contributed by atoms with Gasteiger partial charge in [0.15, 0.2) is 0 Å². The zero-order valence-corrected chi connectivity index (χ0v) is 15.3. The summed E-state index contributed by atoms with van der Waals surface area (Å²) < 4.78 is 0. The Balaban J connectivity index is 1.45. The minimum atomic E-state index is -0.398. The highest BCUT2D eigenvalue weighted by molar-refractivity contribution is 7.18. The fraction of sp³-hybridized carbons (Fsp3) is 0.300. The monoisotopic (exact) mass is 366 g/mol. The van der Waals surface area contributed by atoms with E-state index in [0.717, 1.165) is 35.3 Å². The number of benzene rings is 2. The van der Waals surface area contributed by atoms with Gasteiger partial charge in [-0.15, -0.1) is 10.2 Å². The number of hydrogen-bond acceptors (Lipinski definition) is 6. The van der Waals surface area contributed by atoms with E-state index in [0.29, 0.717) is 13.1 Å². The van der Waals surface area contributed by atoms with Crippen LogP contribution in [-0.2, 0) is 6.54 Å². The molecule has 6 heteroatoms. The molecule has 1 saturated heterocycles. The molecule has 2 aromatic carbocycles. The van der Waals surface area contributed by atoms with Gasteiger partial charge in [-0.3, -0.25) is 4.90 Å². The van der Waals surface area contributed by atoms with Crippen molar-refractivity contribution in [1.82, 2.24) is 15.1 Å². The third kappa shape index (κ3) is 4.09. The molecule has 0 bridgehead atoms. The molecule has 0 saturated carbocycles. The van der Waals surface area contributed by atoms with Gasteiger partial charge in [0.2, 0.25) is 5.13 Å². The fourth-order valence-electron chi connectivity index (χ4n) is 3.25. The summed E-state index contributed by atoms with van der Waals surface area (Å²) in [5.41, 5.74) is 2.35. The van der Waals surface area contributed by atoms with Crippen LogP contribution in [0.5, 0.6) is 0 Å². The fourth-order valence-corrected chi connectivity index (χ4v) is 4.14. The van der Waals surface area contributed by atoms with Gasteiger partial charge in [-0.05, 0) is 5.56 Å². The summed E-state index contributed by atoms with van der Waals surface area (Å²) in [4.78, 5) is 4.46. The van der Waals surface area contributed by atoms with Gasteiger partial charge in [0.25, 0.3) is 0 Å². The van der Waals surface area contributed by atoms with Crippen molar-refractivity contribution in [1.29, 1.82) is 0 Å². The molecule has 0 amide bonds. The first-order valence-corrected chi connectivity index (χ1v) is 9.68. The van der Waals surface area contributed by atoms with Gasteiger partial charge in [-0.25, -0.2) is 0 Å². The van der Waals surface area contributed by atoms with Crippen molar-refractivity contribution in [3.8, 4) is 10.6 Å². The van der Waals surface area contributed by atoms with Crippen molar-refractivity contribution in [2.75, 3.05) is 31.1 Å². The van der Waals surface area contributed by atoms with E-state index in [2.05, 4.69) is 44.3 Å². The van der Waals surface area contributed by atoms with E-state index in [-0.39, 0.29) is 0 Å². The summed E-state index contributed by atoms with van der Waals surface area (Å²) in [5.74, 6) is 0. The first kappa shape index (κ1) is 17.1. The maximum Gasteiger partial charge on any atom is 0.208 e. The number of nitrogens with zero attached hydrogens (tertiary/aromatic N) is 4. The van der Waals surface area contributed by atoms with Crippen LogP contribution in [0.1, 0.15) is 5.56 Å². The standard InChI is InChI=1S/C20H22N4OS/c25-18-14-23(13-16-7-3-1-4-8-16)11-12-24(15-18)20-22-21-19(26-20)17-9-5-2-6-10-17/h1-10,18,25H,11-15H2/t18-/m0/s1. The van der Waals surface area contributed by atoms with Crippen LogP contribution in [-0.4, -0.2) is 52.5 Å². The van der Waals surface area contributed by atoms with Crippen LogP contribution in [0, 0.1) is 0 Å². The number of anilines is 1. The summed E-state index contributed by atoms with van der Waals surface area (Å²) in [7, 11) is 0. The minimum absolute atomic E-state index is 0.398. The molecule has 1 aliphatic heterocycles. The normalized spacial score (nSPS) is 18.7. The second-order valence-corrected chi connectivity index (χ2v) is 7.53. The minimum Gasteiger partial charge on any atom is -0.390 e. The molecule has 1 atom stereocenters. The predicted octanol–water partition coefficient (Wildman–Crippen LogP) is 2.89. The molecule has 1 N–H and O–H groups in total. The summed E-state index contributed by atoms with van der Waals surface area (Å²) in [6.07, 6.45) is -0.398. The number of aliphatic hydroxyl groups excluding tert-OH is 1. The zero-order valence-electron chi connectivity index (χ0n) is 14.5. The average Bonchev–Trinajstić information content (AvgIpc) is 3.09. The summed E-state index contributed by atoms with van der Waals surface area (Å²) >= 11 is 1.58. The molecule has 5 nitrogen and oxygen atoms in total. The third-order valence-corrected chi connectivity index (χ3v) is 5.57. The summed E-state index contributed by atoms with van der Waals surface area (Å²) in [6, 6.07) is 20.5. The van der Waals surface area contributed by atoms with Crippen LogP contribution in [0.2, 0.25) is 0 Å². The largest absolute Gasteiger partial charge is 0.390 e. The lowest BCUT2D eigenvalue weighted by atomic mass is 10.2. The molecule has 134 valence electrons. The highest BCUT2D eigenvalue weighted by atomic mass is 32.1. The molecule has 4 rings (SSSR count). The quantitative estimate of drug-likeness (QED) is 0.769. The molecule has 0 radical (unpaired) electrons. The van der Waals surface area contributed by atoms with Crippen LogP contribution >= 0.6 is 11.3 Å². The van der Waals surface area contributed by atoms with Crippen LogP contribution in [0.4, 0.5) is 5.13 Å². The Morgan fingerprint density at radius 3 is 2.42 bits per heavy atom. The van der Waals surface area contributed by atoms with Gasteiger partial charge < -0.3 is 10.0 Å². The molecule has 0 unspecified atom stereocenters. The van der Waals surface area contributed by atoms with E-state index in [1.807, 2.05) is 36.4 Å². The van der Waals surface area contributed by atoms with E-state index in [4.69, 9.17) is 0 Å². The SMILES string of the molecule is O[C@H]1CN(Cc2ccccc2)CCN(c2nnc(-c3ccccc3)s2)C1. The molecular weight excluding hydrogens is 344 g/mol. The zero-order chi connectivity index (χ0) is 17.8. The summed E-state index contributed by atoms with van der Waals surface area (Å²) in [5, 5.41) is 21.0. The van der Waals surface area contributed by atoms with Crippen molar-refractivity contribution in [3.05, 3.63) is 66.2 Å². The van der Waals surface area contributed by atoms with E-state index in [9.17, 15) is 5.11 Å². The number of aromatic nitrogens is 2. The van der Waals surface area contributed by atoms with Gasteiger partial charge in [-0.2, -0.15) is 0 Å². The van der Waals surface area contributed by atoms with Crippen molar-refractivity contribution in [3.63, 3.8) is 0 Å². The van der Waals surface area contributed by atoms with E-state index < -0.39 is 6.10 Å². The molecule has 2 heterocycles. The molecule has 26 heavy (non-hydrogen) atoms. The molecule has 1 aromatic heterocycles. The van der Waals surface area contributed by atoms with E-state index in [1.54, 1.807) is 11.3 Å². The van der Waals surface area contributed by atoms with Gasteiger partial charge >= 0.3 is 0 Å². The maximum absolute atomic E-state index is 10.5. The third-order valence-electron chi connectivity index (χ3n) is 4.54. The van der Waals surface area contributed by atoms with Gasteiger partial charge in [0, 0.05) is 38.3 Å². The molecule has 0 spiro atoms. The Hall–Kier alpha value is -2.28. The molecule has 1 fully saturated rings. The average molecular weight is 366 g/mol. The number of β-amino-alcohol motifs (C(OH)–C–C–N with tert-alkyl or cyclic N) is 1. The van der Waals surface area contributed by atoms with Crippen LogP contribution in [0.15, 0.2) is 60.7 Å². The first-order valence-electron chi connectivity index (χ1n) is 8.86. The first-order chi connectivity index (χ1) is 12.8. The lowest BCUT2D eigenvalue weighted by Crippen LogP contribution is -2.33. The van der Waals surface area contributed by atoms with Crippen LogP contribution in [0.25, 0.3) is 10.6 Å². The van der Waals surface area contributed by atoms with Crippen molar-refractivity contribution in [2.24, 2.45) is 0 Å². The maximum atomic E-state index is 10.5. The smallest absolute Gasteiger partial charge is 0.208 e. The Bertz CT molecular complexity index is 824. The van der Waals surface area contributed by atoms with E-state index in [1.165, 1.54) is 5.56 Å². The van der Waals surface area contributed by atoms with Crippen LogP contribution in [0.3, 0.4) is 0 Å². The second-order valence-electron chi connectivity index (χ2n) is 6.58. The predicted molar refractivity (Wildman–Crippen MR) is 105 cm³/mol. The highest BCUT2D eigenvalue weighted by Gasteiger charge is 2.23. The second kappa shape index (κ2) is 7.95. The van der Waals surface area contributed by atoms with Gasteiger partial charge in [-0.1, -0.05) is 72.0 Å². The lowest BCUT2D eigenvalue weighted by molar-refractivity contribution is 0.129. The van der Waals surface area contributed by atoms with Crippen molar-refractivity contribution in [2.45, 2.75) is 12.6 Å². The Morgan fingerprint density at radius 2 is 1.65 bits per heavy atom. The van der Waals surface area contributed by atoms with Crippen molar-refractivity contribution < 1.29 is 5.11 Å². The topological polar surface area (TPSA) is 52.5 Å². The van der Waals surface area contributed by atoms with Gasteiger partial charge in [0.05, 0.1) is 6.10 Å². The van der Waals surface area contributed by atoms with E-state index >= 15 is 0 Å². The molecule has 1 aliphatic rings. The van der Waals surface area contributed by atoms with Crippen molar-refractivity contribution >= 4 is 16.5 Å².